The molecule has 1 saturated heterocycles. The van der Waals surface area contributed by atoms with Crippen LogP contribution in [0.2, 0.25) is 5.02 Å². The Morgan fingerprint density at radius 2 is 1.72 bits per heavy atom. The van der Waals surface area contributed by atoms with E-state index in [2.05, 4.69) is 4.90 Å². The fourth-order valence-electron chi connectivity index (χ4n) is 2.53. The van der Waals surface area contributed by atoms with Crippen LogP contribution in [0.15, 0.2) is 18.2 Å². The maximum Gasteiger partial charge on any atom is 0.126 e. The van der Waals surface area contributed by atoms with Gasteiger partial charge in [0.25, 0.3) is 0 Å². The molecule has 0 amide bonds. The predicted octanol–water partition coefficient (Wildman–Crippen LogP) is 3.39. The Bertz CT molecular complexity index is 423. The number of nitrogens with one attached hydrogen (secondary N) is 1. The standard InChI is InChI=1S/C14H20ClN3/c15-11-7-6-8-12(13(11)14(16)17)18-9-4-2-1-3-5-10-18/h6-8H,1-5,9-10H2,(H3,16,17). The van der Waals surface area contributed by atoms with E-state index in [1.54, 1.807) is 6.07 Å². The molecular weight excluding hydrogens is 246 g/mol. The van der Waals surface area contributed by atoms with E-state index in [-0.39, 0.29) is 5.84 Å². The van der Waals surface area contributed by atoms with Gasteiger partial charge in [0.05, 0.1) is 10.6 Å². The highest BCUT2D eigenvalue weighted by Crippen LogP contribution is 2.28. The van der Waals surface area contributed by atoms with Gasteiger partial charge in [0, 0.05) is 18.8 Å². The lowest BCUT2D eigenvalue weighted by Crippen LogP contribution is -2.29. The molecule has 3 N–H and O–H groups in total. The summed E-state index contributed by atoms with van der Waals surface area (Å²) in [4.78, 5) is 2.32. The van der Waals surface area contributed by atoms with Crippen LogP contribution < -0.4 is 10.6 Å². The second-order valence-electron chi connectivity index (χ2n) is 4.80. The fraction of sp³-hybridized carbons (Fsp3) is 0.500. The van der Waals surface area contributed by atoms with Gasteiger partial charge in [-0.05, 0) is 25.0 Å². The van der Waals surface area contributed by atoms with Crippen LogP contribution in [0.5, 0.6) is 0 Å². The number of benzene rings is 1. The van der Waals surface area contributed by atoms with E-state index < -0.39 is 0 Å². The normalized spacial score (nSPS) is 17.1. The van der Waals surface area contributed by atoms with E-state index >= 15 is 0 Å². The molecule has 18 heavy (non-hydrogen) atoms. The predicted molar refractivity (Wildman–Crippen MR) is 77.8 cm³/mol. The number of anilines is 1. The number of rotatable bonds is 2. The summed E-state index contributed by atoms with van der Waals surface area (Å²) in [6.07, 6.45) is 6.30. The van der Waals surface area contributed by atoms with Gasteiger partial charge in [-0.1, -0.05) is 36.9 Å². The number of hydrogen-bond acceptors (Lipinski definition) is 2. The minimum atomic E-state index is 0.0534. The van der Waals surface area contributed by atoms with E-state index in [9.17, 15) is 0 Å². The van der Waals surface area contributed by atoms with Crippen LogP contribution in [0.3, 0.4) is 0 Å². The van der Waals surface area contributed by atoms with Gasteiger partial charge in [0.2, 0.25) is 0 Å². The zero-order valence-electron chi connectivity index (χ0n) is 10.6. The Morgan fingerprint density at radius 3 is 2.33 bits per heavy atom. The average Bonchev–Trinajstić information content (AvgIpc) is 2.27. The highest BCUT2D eigenvalue weighted by molar-refractivity contribution is 6.34. The lowest BCUT2D eigenvalue weighted by Gasteiger charge is -2.29. The number of nitrogen functional groups attached to an aromatic ring is 1. The van der Waals surface area contributed by atoms with Crippen molar-refractivity contribution >= 4 is 23.1 Å². The molecule has 0 spiro atoms. The Hall–Kier alpha value is -1.22. The van der Waals surface area contributed by atoms with Crippen molar-refractivity contribution in [2.75, 3.05) is 18.0 Å². The fourth-order valence-corrected chi connectivity index (χ4v) is 2.80. The van der Waals surface area contributed by atoms with Crippen LogP contribution in [0.25, 0.3) is 0 Å². The van der Waals surface area contributed by atoms with Gasteiger partial charge in [-0.2, -0.15) is 0 Å². The molecule has 98 valence electrons. The van der Waals surface area contributed by atoms with E-state index in [1.807, 2.05) is 12.1 Å². The zero-order chi connectivity index (χ0) is 13.0. The molecule has 0 bridgehead atoms. The molecule has 0 unspecified atom stereocenters. The molecule has 0 aliphatic carbocycles. The van der Waals surface area contributed by atoms with Crippen molar-refractivity contribution in [1.82, 2.24) is 0 Å². The lowest BCUT2D eigenvalue weighted by molar-refractivity contribution is 0.556. The van der Waals surface area contributed by atoms with E-state index in [0.29, 0.717) is 10.6 Å². The monoisotopic (exact) mass is 265 g/mol. The van der Waals surface area contributed by atoms with Gasteiger partial charge in [0.15, 0.2) is 0 Å². The van der Waals surface area contributed by atoms with Crippen molar-refractivity contribution in [3.05, 3.63) is 28.8 Å². The summed E-state index contributed by atoms with van der Waals surface area (Å²) in [5.41, 5.74) is 7.36. The molecule has 3 nitrogen and oxygen atoms in total. The summed E-state index contributed by atoms with van der Waals surface area (Å²) >= 11 is 6.17. The molecule has 1 heterocycles. The highest BCUT2D eigenvalue weighted by atomic mass is 35.5. The third kappa shape index (κ3) is 2.96. The van der Waals surface area contributed by atoms with Crippen molar-refractivity contribution < 1.29 is 0 Å². The molecule has 0 atom stereocenters. The molecular formula is C14H20ClN3. The molecule has 0 saturated carbocycles. The third-order valence-electron chi connectivity index (χ3n) is 3.46. The number of hydrogen-bond donors (Lipinski definition) is 2. The smallest absolute Gasteiger partial charge is 0.126 e. The molecule has 1 aliphatic heterocycles. The maximum absolute atomic E-state index is 7.70. The van der Waals surface area contributed by atoms with Crippen LogP contribution in [-0.2, 0) is 0 Å². The molecule has 4 heteroatoms. The summed E-state index contributed by atoms with van der Waals surface area (Å²) in [5.74, 6) is 0.0534. The first-order chi connectivity index (χ1) is 8.70. The molecule has 2 rings (SSSR count). The molecule has 1 fully saturated rings. The Kier molecular flexibility index (Phi) is 4.48. The van der Waals surface area contributed by atoms with Crippen LogP contribution in [0, 0.1) is 5.41 Å². The number of nitrogens with zero attached hydrogens (tertiary/aromatic N) is 1. The van der Waals surface area contributed by atoms with Gasteiger partial charge in [-0.25, -0.2) is 0 Å². The largest absolute Gasteiger partial charge is 0.384 e. The SMILES string of the molecule is N=C(N)c1c(Cl)cccc1N1CCCCCCC1. The van der Waals surface area contributed by atoms with Gasteiger partial charge in [0.1, 0.15) is 5.84 Å². The van der Waals surface area contributed by atoms with Crippen LogP contribution in [0.1, 0.15) is 37.7 Å². The van der Waals surface area contributed by atoms with E-state index in [0.717, 1.165) is 18.8 Å². The first kappa shape index (κ1) is 13.2. The van der Waals surface area contributed by atoms with Crippen molar-refractivity contribution in [2.24, 2.45) is 5.73 Å². The molecule has 1 aromatic rings. The Morgan fingerprint density at radius 1 is 1.11 bits per heavy atom. The van der Waals surface area contributed by atoms with Gasteiger partial charge < -0.3 is 10.6 Å². The topological polar surface area (TPSA) is 53.1 Å². The second kappa shape index (κ2) is 6.10. The molecule has 0 aromatic heterocycles. The quantitative estimate of drug-likeness (QED) is 0.636. The summed E-state index contributed by atoms with van der Waals surface area (Å²) in [5, 5.41) is 8.27. The summed E-state index contributed by atoms with van der Waals surface area (Å²) in [6, 6.07) is 5.75. The van der Waals surface area contributed by atoms with Crippen molar-refractivity contribution in [3.8, 4) is 0 Å². The average molecular weight is 266 g/mol. The van der Waals surface area contributed by atoms with Gasteiger partial charge >= 0.3 is 0 Å². The van der Waals surface area contributed by atoms with Crippen molar-refractivity contribution in [2.45, 2.75) is 32.1 Å². The van der Waals surface area contributed by atoms with Crippen LogP contribution in [0.4, 0.5) is 5.69 Å². The van der Waals surface area contributed by atoms with E-state index in [4.69, 9.17) is 22.7 Å². The Labute approximate surface area is 113 Å². The van der Waals surface area contributed by atoms with Gasteiger partial charge in [-0.15, -0.1) is 0 Å². The molecule has 0 radical (unpaired) electrons. The lowest BCUT2D eigenvalue weighted by atomic mass is 10.1. The van der Waals surface area contributed by atoms with Crippen LogP contribution in [-0.4, -0.2) is 18.9 Å². The first-order valence-electron chi connectivity index (χ1n) is 6.58. The van der Waals surface area contributed by atoms with Crippen molar-refractivity contribution in [3.63, 3.8) is 0 Å². The van der Waals surface area contributed by atoms with Gasteiger partial charge in [-0.3, -0.25) is 5.41 Å². The summed E-state index contributed by atoms with van der Waals surface area (Å²) in [6.45, 7) is 2.06. The number of halogens is 1. The van der Waals surface area contributed by atoms with Crippen LogP contribution >= 0.6 is 11.6 Å². The number of amidine groups is 1. The highest BCUT2D eigenvalue weighted by Gasteiger charge is 2.16. The summed E-state index contributed by atoms with van der Waals surface area (Å²) < 4.78 is 0. The molecule has 1 aromatic carbocycles. The molecule has 1 aliphatic rings. The summed E-state index contributed by atoms with van der Waals surface area (Å²) in [7, 11) is 0. The minimum absolute atomic E-state index is 0.0534. The zero-order valence-corrected chi connectivity index (χ0v) is 11.3. The maximum atomic E-state index is 7.70. The first-order valence-corrected chi connectivity index (χ1v) is 6.96. The third-order valence-corrected chi connectivity index (χ3v) is 3.77. The number of nitrogens with two attached hydrogens (primary N) is 1. The Balaban J connectivity index is 2.30. The van der Waals surface area contributed by atoms with Crippen molar-refractivity contribution in [1.29, 1.82) is 5.41 Å². The second-order valence-corrected chi connectivity index (χ2v) is 5.21. The minimum Gasteiger partial charge on any atom is -0.384 e. The van der Waals surface area contributed by atoms with E-state index in [1.165, 1.54) is 32.1 Å².